The van der Waals surface area contributed by atoms with Gasteiger partial charge in [0.15, 0.2) is 0 Å². The maximum absolute atomic E-state index is 11.8. The van der Waals surface area contributed by atoms with Crippen LogP contribution in [0.25, 0.3) is 6.08 Å². The van der Waals surface area contributed by atoms with Crippen molar-refractivity contribution < 1.29 is 4.79 Å². The Hall–Kier alpha value is -1.78. The minimum absolute atomic E-state index is 0.0572. The molecule has 1 amide bonds. The summed E-state index contributed by atoms with van der Waals surface area (Å²) in [6.07, 6.45) is 5.55. The number of carbonyl (C=O) groups is 1. The predicted octanol–water partition coefficient (Wildman–Crippen LogP) is 4.15. The first-order valence-electron chi connectivity index (χ1n) is 7.91. The van der Waals surface area contributed by atoms with E-state index in [1.807, 2.05) is 42.8 Å². The average molecular weight is 364 g/mol. The van der Waals surface area contributed by atoms with E-state index in [4.69, 9.17) is 23.2 Å². The van der Waals surface area contributed by atoms with E-state index in [-0.39, 0.29) is 5.91 Å². The lowest BCUT2D eigenvalue weighted by atomic mass is 10.1. The predicted molar refractivity (Wildman–Crippen MR) is 97.5 cm³/mol. The van der Waals surface area contributed by atoms with Crippen LogP contribution < -0.4 is 5.32 Å². The Morgan fingerprint density at radius 1 is 1.33 bits per heavy atom. The van der Waals surface area contributed by atoms with Crippen molar-refractivity contribution in [2.45, 2.75) is 39.3 Å². The Labute approximate surface area is 151 Å². The summed E-state index contributed by atoms with van der Waals surface area (Å²) >= 11 is 12.5. The number of halogens is 2. The smallest absolute Gasteiger partial charge is 0.244 e. The summed E-state index contributed by atoms with van der Waals surface area (Å²) in [5.41, 5.74) is 3.63. The van der Waals surface area contributed by atoms with Gasteiger partial charge in [-0.25, -0.2) is 0 Å². The molecule has 1 aliphatic carbocycles. The fourth-order valence-corrected chi connectivity index (χ4v) is 3.09. The number of hydrogen-bond acceptors (Lipinski definition) is 2. The fraction of sp³-hybridized carbons (Fsp3) is 0.333. The molecule has 0 atom stereocenters. The van der Waals surface area contributed by atoms with E-state index in [1.165, 1.54) is 0 Å². The van der Waals surface area contributed by atoms with Gasteiger partial charge in [0.1, 0.15) is 0 Å². The van der Waals surface area contributed by atoms with Crippen LogP contribution in [-0.4, -0.2) is 21.7 Å². The van der Waals surface area contributed by atoms with Crippen LogP contribution in [0.15, 0.2) is 24.3 Å². The van der Waals surface area contributed by atoms with Gasteiger partial charge in [-0.3, -0.25) is 9.48 Å². The third kappa shape index (κ3) is 3.82. The van der Waals surface area contributed by atoms with E-state index < -0.39 is 0 Å². The lowest BCUT2D eigenvalue weighted by molar-refractivity contribution is -0.116. The van der Waals surface area contributed by atoms with E-state index in [1.54, 1.807) is 6.08 Å². The van der Waals surface area contributed by atoms with Gasteiger partial charge in [0.2, 0.25) is 5.91 Å². The molecule has 1 saturated carbocycles. The minimum atomic E-state index is -0.0572. The van der Waals surface area contributed by atoms with Crippen LogP contribution in [0, 0.1) is 13.8 Å². The fourth-order valence-electron chi connectivity index (χ4n) is 2.58. The molecule has 0 radical (unpaired) electrons. The monoisotopic (exact) mass is 363 g/mol. The number of nitrogens with zero attached hydrogens (tertiary/aromatic N) is 2. The summed E-state index contributed by atoms with van der Waals surface area (Å²) in [7, 11) is 0. The van der Waals surface area contributed by atoms with Crippen molar-refractivity contribution in [3.8, 4) is 0 Å². The maximum Gasteiger partial charge on any atom is 0.244 e. The van der Waals surface area contributed by atoms with Crippen LogP contribution in [0.5, 0.6) is 0 Å². The molecule has 1 aromatic heterocycles. The van der Waals surface area contributed by atoms with E-state index >= 15 is 0 Å². The topological polar surface area (TPSA) is 46.9 Å². The van der Waals surface area contributed by atoms with Gasteiger partial charge < -0.3 is 5.32 Å². The summed E-state index contributed by atoms with van der Waals surface area (Å²) in [5.74, 6) is -0.0572. The standard InChI is InChI=1S/C18H19Cl2N3O/c1-11-14(8-9-18(24)21-13-6-7-13)12(2)23(22-11)10-15-16(19)4-3-5-17(15)20/h3-5,8-9,13H,6-7,10H2,1-2H3,(H,21,24)/b9-8-. The number of aryl methyl sites for hydroxylation is 1. The summed E-state index contributed by atoms with van der Waals surface area (Å²) in [6, 6.07) is 5.81. The normalized spacial score (nSPS) is 14.3. The minimum Gasteiger partial charge on any atom is -0.350 e. The molecule has 4 nitrogen and oxygen atoms in total. The second-order valence-corrected chi connectivity index (χ2v) is 6.87. The van der Waals surface area contributed by atoms with Gasteiger partial charge in [0.05, 0.1) is 12.2 Å². The molecule has 1 fully saturated rings. The third-order valence-electron chi connectivity index (χ3n) is 4.13. The van der Waals surface area contributed by atoms with Crippen LogP contribution in [-0.2, 0) is 11.3 Å². The molecule has 24 heavy (non-hydrogen) atoms. The lowest BCUT2D eigenvalue weighted by Gasteiger charge is -2.09. The molecule has 0 spiro atoms. The number of carbonyl (C=O) groups excluding carboxylic acids is 1. The summed E-state index contributed by atoms with van der Waals surface area (Å²) in [5, 5.41) is 8.73. The third-order valence-corrected chi connectivity index (χ3v) is 4.84. The molecule has 1 N–H and O–H groups in total. The second kappa shape index (κ2) is 6.99. The van der Waals surface area contributed by atoms with Crippen molar-refractivity contribution in [2.24, 2.45) is 0 Å². The molecular weight excluding hydrogens is 345 g/mol. The van der Waals surface area contributed by atoms with Gasteiger partial charge in [-0.05, 0) is 44.9 Å². The lowest BCUT2D eigenvalue weighted by Crippen LogP contribution is -2.22. The Balaban J connectivity index is 1.81. The number of hydrogen-bond donors (Lipinski definition) is 1. The van der Waals surface area contributed by atoms with E-state index in [2.05, 4.69) is 10.4 Å². The molecule has 0 unspecified atom stereocenters. The first-order valence-corrected chi connectivity index (χ1v) is 8.66. The Kier molecular flexibility index (Phi) is 4.97. The van der Waals surface area contributed by atoms with Crippen molar-refractivity contribution in [1.82, 2.24) is 15.1 Å². The molecule has 126 valence electrons. The summed E-state index contributed by atoms with van der Waals surface area (Å²) in [4.78, 5) is 11.8. The zero-order chi connectivity index (χ0) is 17.3. The maximum atomic E-state index is 11.8. The Morgan fingerprint density at radius 3 is 2.62 bits per heavy atom. The molecular formula is C18H19Cl2N3O. The number of amides is 1. The largest absolute Gasteiger partial charge is 0.350 e. The van der Waals surface area contributed by atoms with Crippen LogP contribution in [0.3, 0.4) is 0 Å². The summed E-state index contributed by atoms with van der Waals surface area (Å²) in [6.45, 7) is 4.40. The molecule has 2 aromatic rings. The van der Waals surface area contributed by atoms with E-state index in [0.29, 0.717) is 22.6 Å². The van der Waals surface area contributed by atoms with Crippen molar-refractivity contribution >= 4 is 35.2 Å². The highest BCUT2D eigenvalue weighted by atomic mass is 35.5. The highest BCUT2D eigenvalue weighted by molar-refractivity contribution is 6.35. The van der Waals surface area contributed by atoms with Crippen molar-refractivity contribution in [3.05, 3.63) is 56.8 Å². The van der Waals surface area contributed by atoms with Crippen LogP contribution in [0.2, 0.25) is 10.0 Å². The molecule has 3 rings (SSSR count). The molecule has 1 heterocycles. The van der Waals surface area contributed by atoms with Crippen LogP contribution in [0.1, 0.15) is 35.4 Å². The van der Waals surface area contributed by atoms with Gasteiger partial charge in [-0.2, -0.15) is 5.10 Å². The molecule has 6 heteroatoms. The molecule has 0 aliphatic heterocycles. The van der Waals surface area contributed by atoms with Gasteiger partial charge in [-0.1, -0.05) is 29.3 Å². The van der Waals surface area contributed by atoms with Crippen molar-refractivity contribution in [2.75, 3.05) is 0 Å². The van der Waals surface area contributed by atoms with Crippen LogP contribution >= 0.6 is 23.2 Å². The molecule has 1 aliphatic rings. The second-order valence-electron chi connectivity index (χ2n) is 6.06. The number of rotatable bonds is 5. The van der Waals surface area contributed by atoms with Crippen LogP contribution in [0.4, 0.5) is 0 Å². The van der Waals surface area contributed by atoms with Gasteiger partial charge >= 0.3 is 0 Å². The highest BCUT2D eigenvalue weighted by Gasteiger charge is 2.22. The van der Waals surface area contributed by atoms with Crippen molar-refractivity contribution in [1.29, 1.82) is 0 Å². The van der Waals surface area contributed by atoms with Gasteiger partial charge in [0.25, 0.3) is 0 Å². The van der Waals surface area contributed by atoms with Crippen molar-refractivity contribution in [3.63, 3.8) is 0 Å². The number of aromatic nitrogens is 2. The quantitative estimate of drug-likeness (QED) is 0.811. The zero-order valence-electron chi connectivity index (χ0n) is 13.6. The van der Waals surface area contributed by atoms with E-state index in [0.717, 1.165) is 35.4 Å². The molecule has 0 saturated heterocycles. The zero-order valence-corrected chi connectivity index (χ0v) is 15.2. The van der Waals surface area contributed by atoms with Gasteiger partial charge in [0, 0.05) is 39.0 Å². The SMILES string of the molecule is Cc1nn(Cc2c(Cl)cccc2Cl)c(C)c1/C=C\C(=O)NC1CC1. The molecule has 0 bridgehead atoms. The number of nitrogens with one attached hydrogen (secondary N) is 1. The highest BCUT2D eigenvalue weighted by Crippen LogP contribution is 2.26. The molecule has 1 aromatic carbocycles. The first-order chi connectivity index (χ1) is 11.5. The number of benzene rings is 1. The summed E-state index contributed by atoms with van der Waals surface area (Å²) < 4.78 is 1.86. The average Bonchev–Trinajstić information content (AvgIpc) is 3.29. The first kappa shape index (κ1) is 17.1. The van der Waals surface area contributed by atoms with Gasteiger partial charge in [-0.15, -0.1) is 0 Å². The Morgan fingerprint density at radius 2 is 2.00 bits per heavy atom. The Bertz CT molecular complexity index is 787. The van der Waals surface area contributed by atoms with E-state index in [9.17, 15) is 4.79 Å².